The third-order valence-corrected chi connectivity index (χ3v) is 3.18. The molecule has 0 saturated carbocycles. The van der Waals surface area contributed by atoms with Crippen molar-refractivity contribution in [3.63, 3.8) is 0 Å². The Morgan fingerprint density at radius 1 is 1.39 bits per heavy atom. The lowest BCUT2D eigenvalue weighted by atomic mass is 9.99. The fraction of sp³-hybridized carbons (Fsp3) is 0.929. The Morgan fingerprint density at radius 3 is 2.50 bits per heavy atom. The van der Waals surface area contributed by atoms with Gasteiger partial charge in [0.05, 0.1) is 5.60 Å². The molecule has 3 unspecified atom stereocenters. The van der Waals surface area contributed by atoms with Crippen LogP contribution in [0.2, 0.25) is 0 Å². The quantitative estimate of drug-likeness (QED) is 0.590. The molecule has 4 N–H and O–H groups in total. The molecule has 4 heteroatoms. The number of amides is 1. The molecule has 0 spiro atoms. The van der Waals surface area contributed by atoms with Crippen molar-refractivity contribution < 1.29 is 9.90 Å². The fourth-order valence-electron chi connectivity index (χ4n) is 1.96. The maximum absolute atomic E-state index is 11.8. The molecule has 0 fully saturated rings. The summed E-state index contributed by atoms with van der Waals surface area (Å²) in [4.78, 5) is 11.8. The van der Waals surface area contributed by atoms with Crippen LogP contribution in [0.4, 0.5) is 0 Å². The third kappa shape index (κ3) is 8.48. The predicted octanol–water partition coefficient (Wildman–Crippen LogP) is 1.81. The molecular weight excluding hydrogens is 228 g/mol. The van der Waals surface area contributed by atoms with Crippen molar-refractivity contribution in [3.8, 4) is 0 Å². The first-order valence-electron chi connectivity index (χ1n) is 7.04. The van der Waals surface area contributed by atoms with Crippen molar-refractivity contribution in [1.82, 2.24) is 5.32 Å². The van der Waals surface area contributed by atoms with Crippen LogP contribution in [-0.2, 0) is 4.79 Å². The maximum Gasteiger partial charge on any atom is 0.222 e. The second-order valence-electron chi connectivity index (χ2n) is 5.77. The van der Waals surface area contributed by atoms with Gasteiger partial charge in [-0.3, -0.25) is 4.79 Å². The molecule has 18 heavy (non-hydrogen) atoms. The van der Waals surface area contributed by atoms with Gasteiger partial charge in [0.1, 0.15) is 0 Å². The summed E-state index contributed by atoms with van der Waals surface area (Å²) in [5.74, 6) is 0.0113. The minimum absolute atomic E-state index is 0.0128. The molecule has 4 nitrogen and oxygen atoms in total. The van der Waals surface area contributed by atoms with E-state index in [9.17, 15) is 9.90 Å². The van der Waals surface area contributed by atoms with Gasteiger partial charge in [-0.05, 0) is 33.1 Å². The average molecular weight is 258 g/mol. The Labute approximate surface area is 111 Å². The molecule has 1 amide bonds. The first kappa shape index (κ1) is 17.4. The number of rotatable bonds is 9. The summed E-state index contributed by atoms with van der Waals surface area (Å²) < 4.78 is 0. The van der Waals surface area contributed by atoms with Crippen LogP contribution in [0.1, 0.15) is 59.8 Å². The van der Waals surface area contributed by atoms with Crippen LogP contribution in [0.3, 0.4) is 0 Å². The molecule has 0 aliphatic heterocycles. The lowest BCUT2D eigenvalue weighted by Gasteiger charge is -2.24. The van der Waals surface area contributed by atoms with E-state index in [0.29, 0.717) is 13.0 Å². The molecule has 0 saturated heterocycles. The first-order valence-corrected chi connectivity index (χ1v) is 7.04. The number of aliphatic hydroxyl groups is 1. The number of nitrogens with one attached hydrogen (secondary N) is 1. The van der Waals surface area contributed by atoms with E-state index in [2.05, 4.69) is 5.32 Å². The molecule has 0 rings (SSSR count). The van der Waals surface area contributed by atoms with E-state index in [0.717, 1.165) is 25.7 Å². The first-order chi connectivity index (χ1) is 8.28. The lowest BCUT2D eigenvalue weighted by Crippen LogP contribution is -2.42. The fourth-order valence-corrected chi connectivity index (χ4v) is 1.96. The summed E-state index contributed by atoms with van der Waals surface area (Å²) in [5.41, 5.74) is 4.87. The normalized spacial score (nSPS) is 17.9. The van der Waals surface area contributed by atoms with Gasteiger partial charge < -0.3 is 16.2 Å². The Hall–Kier alpha value is -0.610. The summed E-state index contributed by atoms with van der Waals surface area (Å²) in [6, 6.07) is 0.200. The smallest absolute Gasteiger partial charge is 0.222 e. The Balaban J connectivity index is 3.87. The SMILES string of the molecule is CCCC(C)(O)CNC(=O)C(C)CCCC(C)N. The van der Waals surface area contributed by atoms with Gasteiger partial charge in [0.25, 0.3) is 0 Å². The molecule has 0 aliphatic rings. The molecule has 0 aromatic carbocycles. The molecule has 0 bridgehead atoms. The summed E-state index contributed by atoms with van der Waals surface area (Å²) in [7, 11) is 0. The van der Waals surface area contributed by atoms with E-state index in [1.165, 1.54) is 0 Å². The Bertz CT molecular complexity index is 240. The summed E-state index contributed by atoms with van der Waals surface area (Å²) >= 11 is 0. The van der Waals surface area contributed by atoms with E-state index >= 15 is 0 Å². The number of carbonyl (C=O) groups excluding carboxylic acids is 1. The Morgan fingerprint density at radius 2 is 2.00 bits per heavy atom. The van der Waals surface area contributed by atoms with Gasteiger partial charge in [0, 0.05) is 18.5 Å². The van der Waals surface area contributed by atoms with Crippen LogP contribution in [0.15, 0.2) is 0 Å². The molecule has 0 heterocycles. The van der Waals surface area contributed by atoms with Gasteiger partial charge >= 0.3 is 0 Å². The predicted molar refractivity (Wildman–Crippen MR) is 75.2 cm³/mol. The molecular formula is C14H30N2O2. The summed E-state index contributed by atoms with van der Waals surface area (Å²) in [5, 5.41) is 12.8. The average Bonchev–Trinajstić information content (AvgIpc) is 2.25. The van der Waals surface area contributed by atoms with Crippen molar-refractivity contribution in [1.29, 1.82) is 0 Å². The monoisotopic (exact) mass is 258 g/mol. The highest BCUT2D eigenvalue weighted by atomic mass is 16.3. The number of nitrogens with two attached hydrogens (primary N) is 1. The molecule has 0 aliphatic carbocycles. The minimum atomic E-state index is -0.796. The van der Waals surface area contributed by atoms with E-state index in [1.807, 2.05) is 20.8 Å². The minimum Gasteiger partial charge on any atom is -0.388 e. The van der Waals surface area contributed by atoms with Gasteiger partial charge in [0.15, 0.2) is 0 Å². The van der Waals surface area contributed by atoms with Crippen LogP contribution in [0.5, 0.6) is 0 Å². The van der Waals surface area contributed by atoms with Crippen LogP contribution in [-0.4, -0.2) is 29.2 Å². The van der Waals surface area contributed by atoms with Gasteiger partial charge in [-0.25, -0.2) is 0 Å². The van der Waals surface area contributed by atoms with Crippen LogP contribution in [0, 0.1) is 5.92 Å². The molecule has 0 radical (unpaired) electrons. The van der Waals surface area contributed by atoms with Crippen LogP contribution < -0.4 is 11.1 Å². The summed E-state index contributed by atoms with van der Waals surface area (Å²) in [6.45, 7) is 8.01. The highest BCUT2D eigenvalue weighted by Gasteiger charge is 2.21. The molecule has 0 aromatic heterocycles. The van der Waals surface area contributed by atoms with E-state index in [1.54, 1.807) is 6.92 Å². The molecule has 3 atom stereocenters. The Kier molecular flexibility index (Phi) is 8.20. The standard InChI is InChI=1S/C14H30N2O2/c1-5-9-14(4,18)10-16-13(17)11(2)7-6-8-12(3)15/h11-12,18H,5-10,15H2,1-4H3,(H,16,17). The van der Waals surface area contributed by atoms with E-state index in [4.69, 9.17) is 5.73 Å². The second-order valence-corrected chi connectivity index (χ2v) is 5.77. The summed E-state index contributed by atoms with van der Waals surface area (Å²) in [6.07, 6.45) is 4.38. The van der Waals surface area contributed by atoms with Crippen molar-refractivity contribution in [2.24, 2.45) is 11.7 Å². The van der Waals surface area contributed by atoms with Gasteiger partial charge in [0.2, 0.25) is 5.91 Å². The van der Waals surface area contributed by atoms with Gasteiger partial charge in [-0.1, -0.05) is 26.7 Å². The van der Waals surface area contributed by atoms with E-state index < -0.39 is 5.60 Å². The zero-order chi connectivity index (χ0) is 14.2. The lowest BCUT2D eigenvalue weighted by molar-refractivity contribution is -0.125. The van der Waals surface area contributed by atoms with Crippen LogP contribution >= 0.6 is 0 Å². The topological polar surface area (TPSA) is 75.3 Å². The largest absolute Gasteiger partial charge is 0.388 e. The molecule has 108 valence electrons. The molecule has 0 aromatic rings. The van der Waals surface area contributed by atoms with Gasteiger partial charge in [-0.2, -0.15) is 0 Å². The van der Waals surface area contributed by atoms with E-state index in [-0.39, 0.29) is 17.9 Å². The second kappa shape index (κ2) is 8.48. The zero-order valence-electron chi connectivity index (χ0n) is 12.3. The zero-order valence-corrected chi connectivity index (χ0v) is 12.3. The third-order valence-electron chi connectivity index (χ3n) is 3.18. The van der Waals surface area contributed by atoms with Crippen LogP contribution in [0.25, 0.3) is 0 Å². The van der Waals surface area contributed by atoms with Crippen molar-refractivity contribution in [2.75, 3.05) is 6.54 Å². The van der Waals surface area contributed by atoms with Crippen molar-refractivity contribution >= 4 is 5.91 Å². The number of carbonyl (C=O) groups is 1. The van der Waals surface area contributed by atoms with Crippen molar-refractivity contribution in [2.45, 2.75) is 71.4 Å². The highest BCUT2D eigenvalue weighted by molar-refractivity contribution is 5.78. The maximum atomic E-state index is 11.8. The number of hydrogen-bond acceptors (Lipinski definition) is 3. The highest BCUT2D eigenvalue weighted by Crippen LogP contribution is 2.12. The number of hydrogen-bond donors (Lipinski definition) is 3. The van der Waals surface area contributed by atoms with Gasteiger partial charge in [-0.15, -0.1) is 0 Å². The van der Waals surface area contributed by atoms with Crippen molar-refractivity contribution in [3.05, 3.63) is 0 Å².